The molecule has 180 valence electrons. The molecule has 35 heavy (non-hydrogen) atoms. The Morgan fingerprint density at radius 2 is 1.26 bits per heavy atom. The fourth-order valence-electron chi connectivity index (χ4n) is 6.02. The Morgan fingerprint density at radius 1 is 0.714 bits per heavy atom. The first-order chi connectivity index (χ1) is 16.5. The van der Waals surface area contributed by atoms with Gasteiger partial charge in [-0.05, 0) is 63.1 Å². The van der Waals surface area contributed by atoms with Crippen molar-refractivity contribution >= 4 is 11.4 Å². The van der Waals surface area contributed by atoms with Crippen LogP contribution in [0.4, 0.5) is 11.4 Å². The van der Waals surface area contributed by atoms with Gasteiger partial charge >= 0.3 is 0 Å². The first kappa shape index (κ1) is 23.7. The molecule has 0 amide bonds. The summed E-state index contributed by atoms with van der Waals surface area (Å²) in [5, 5.41) is 0. The number of allylic oxidation sites excluding steroid dienone is 4. The summed E-state index contributed by atoms with van der Waals surface area (Å²) in [5.41, 5.74) is 9.49. The monoisotopic (exact) mass is 461 g/mol. The Morgan fingerprint density at radius 3 is 1.71 bits per heavy atom. The van der Waals surface area contributed by atoms with Gasteiger partial charge in [-0.3, -0.25) is 0 Å². The minimum Gasteiger partial charge on any atom is -0.344 e. The topological polar surface area (TPSA) is 3.24 Å². The SMILES string of the molecule is CN1c2cc(C(C)(C)C)ccc2C(c2ccccc2)(C2C=CC=CC2)c2ccc(C(C)(C)C)cc21. The van der Waals surface area contributed by atoms with Crippen molar-refractivity contribution in [1.82, 2.24) is 0 Å². The van der Waals surface area contributed by atoms with Gasteiger partial charge in [-0.15, -0.1) is 0 Å². The summed E-state index contributed by atoms with van der Waals surface area (Å²) in [6, 6.07) is 25.7. The smallest absolute Gasteiger partial charge is 0.0557 e. The van der Waals surface area contributed by atoms with E-state index in [1.807, 2.05) is 0 Å². The van der Waals surface area contributed by atoms with Crippen LogP contribution in [0.3, 0.4) is 0 Å². The van der Waals surface area contributed by atoms with E-state index in [9.17, 15) is 0 Å². The van der Waals surface area contributed by atoms with E-state index in [2.05, 4.69) is 145 Å². The van der Waals surface area contributed by atoms with Gasteiger partial charge in [0.05, 0.1) is 5.41 Å². The van der Waals surface area contributed by atoms with Crippen molar-refractivity contribution in [2.24, 2.45) is 5.92 Å². The van der Waals surface area contributed by atoms with Gasteiger partial charge in [0.2, 0.25) is 0 Å². The zero-order valence-corrected chi connectivity index (χ0v) is 22.4. The maximum Gasteiger partial charge on any atom is 0.0557 e. The highest BCUT2D eigenvalue weighted by Gasteiger charge is 2.48. The Hall–Kier alpha value is -3.06. The number of benzene rings is 3. The highest BCUT2D eigenvalue weighted by molar-refractivity contribution is 5.82. The average molecular weight is 462 g/mol. The Bertz CT molecular complexity index is 1230. The van der Waals surface area contributed by atoms with E-state index < -0.39 is 0 Å². The zero-order valence-electron chi connectivity index (χ0n) is 22.4. The third kappa shape index (κ3) is 3.77. The summed E-state index contributed by atoms with van der Waals surface area (Å²) in [7, 11) is 2.25. The molecule has 0 fully saturated rings. The van der Waals surface area contributed by atoms with Gasteiger partial charge in [-0.1, -0.05) is 120 Å². The number of hydrogen-bond donors (Lipinski definition) is 0. The van der Waals surface area contributed by atoms with Crippen LogP contribution in [0.1, 0.15) is 75.8 Å². The van der Waals surface area contributed by atoms with Gasteiger partial charge in [-0.25, -0.2) is 0 Å². The molecule has 1 nitrogen and oxygen atoms in total. The zero-order chi connectivity index (χ0) is 25.0. The van der Waals surface area contributed by atoms with E-state index in [1.165, 1.54) is 39.2 Å². The minimum absolute atomic E-state index is 0.0896. The maximum absolute atomic E-state index is 2.45. The average Bonchev–Trinajstić information content (AvgIpc) is 2.84. The predicted octanol–water partition coefficient (Wildman–Crippen LogP) is 8.83. The summed E-state index contributed by atoms with van der Waals surface area (Å²) < 4.78 is 0. The maximum atomic E-state index is 2.45. The van der Waals surface area contributed by atoms with Crippen LogP contribution in [0.2, 0.25) is 0 Å². The second kappa shape index (κ2) is 8.26. The van der Waals surface area contributed by atoms with E-state index in [1.54, 1.807) is 0 Å². The third-order valence-electron chi connectivity index (χ3n) is 8.07. The molecule has 1 heterocycles. The van der Waals surface area contributed by atoms with Crippen molar-refractivity contribution in [2.45, 2.75) is 64.2 Å². The molecule has 1 aliphatic carbocycles. The summed E-state index contributed by atoms with van der Waals surface area (Å²) in [4.78, 5) is 2.44. The molecule has 1 heteroatoms. The fourth-order valence-corrected chi connectivity index (χ4v) is 6.02. The van der Waals surface area contributed by atoms with Crippen molar-refractivity contribution in [3.63, 3.8) is 0 Å². The molecule has 5 rings (SSSR count). The summed E-state index contributed by atoms with van der Waals surface area (Å²) in [6.45, 7) is 13.8. The summed E-state index contributed by atoms with van der Waals surface area (Å²) >= 11 is 0. The Balaban J connectivity index is 1.90. The molecular formula is C34H39N. The molecule has 1 atom stereocenters. The van der Waals surface area contributed by atoms with Crippen LogP contribution in [0.15, 0.2) is 91.0 Å². The van der Waals surface area contributed by atoms with Gasteiger partial charge in [0.1, 0.15) is 0 Å². The molecule has 0 bridgehead atoms. The predicted molar refractivity (Wildman–Crippen MR) is 151 cm³/mol. The molecule has 2 aliphatic rings. The molecule has 3 aromatic carbocycles. The second-order valence-electron chi connectivity index (χ2n) is 12.4. The fraction of sp³-hybridized carbons (Fsp3) is 0.353. The Labute approximate surface area is 212 Å². The largest absolute Gasteiger partial charge is 0.344 e. The van der Waals surface area contributed by atoms with E-state index >= 15 is 0 Å². The van der Waals surface area contributed by atoms with Crippen molar-refractivity contribution in [3.8, 4) is 0 Å². The number of fused-ring (bicyclic) bond motifs is 2. The molecule has 3 aromatic rings. The first-order valence-corrected chi connectivity index (χ1v) is 13.0. The number of hydrogen-bond acceptors (Lipinski definition) is 1. The molecular weight excluding hydrogens is 422 g/mol. The molecule has 0 N–H and O–H groups in total. The van der Waals surface area contributed by atoms with Crippen molar-refractivity contribution < 1.29 is 0 Å². The second-order valence-corrected chi connectivity index (χ2v) is 12.4. The van der Waals surface area contributed by atoms with E-state index in [0.29, 0.717) is 5.92 Å². The molecule has 0 aromatic heterocycles. The quantitative estimate of drug-likeness (QED) is 0.368. The molecule has 0 saturated heterocycles. The lowest BCUT2D eigenvalue weighted by Crippen LogP contribution is -2.42. The number of anilines is 2. The highest BCUT2D eigenvalue weighted by atomic mass is 15.1. The van der Waals surface area contributed by atoms with Crippen LogP contribution in [0, 0.1) is 5.92 Å². The molecule has 1 aliphatic heterocycles. The van der Waals surface area contributed by atoms with Gasteiger partial charge in [-0.2, -0.15) is 0 Å². The van der Waals surface area contributed by atoms with Crippen molar-refractivity contribution in [1.29, 1.82) is 0 Å². The van der Waals surface area contributed by atoms with Crippen LogP contribution in [0.25, 0.3) is 0 Å². The number of rotatable bonds is 2. The minimum atomic E-state index is -0.257. The lowest BCUT2D eigenvalue weighted by atomic mass is 9.57. The van der Waals surface area contributed by atoms with Gasteiger partial charge in [0.15, 0.2) is 0 Å². The van der Waals surface area contributed by atoms with Gasteiger partial charge in [0.25, 0.3) is 0 Å². The first-order valence-electron chi connectivity index (χ1n) is 13.0. The standard InChI is InChI=1S/C34H39N/c1-32(2,3)26-18-20-28-30(22-26)35(7)31-23-27(33(4,5)6)19-21-29(31)34(28,24-14-10-8-11-15-24)25-16-12-9-13-17-25/h8-16,18-23,25H,17H2,1-7H3. The van der Waals surface area contributed by atoms with Crippen molar-refractivity contribution in [3.05, 3.63) is 119 Å². The van der Waals surface area contributed by atoms with Gasteiger partial charge in [0, 0.05) is 18.4 Å². The summed E-state index contributed by atoms with van der Waals surface area (Å²) in [5.74, 6) is 0.335. The molecule has 1 unspecified atom stereocenters. The Kier molecular flexibility index (Phi) is 5.59. The molecule has 0 spiro atoms. The lowest BCUT2D eigenvalue weighted by Gasteiger charge is -2.49. The normalized spacial score (nSPS) is 18.8. The summed E-state index contributed by atoms with van der Waals surface area (Å²) in [6.07, 6.45) is 10.2. The van der Waals surface area contributed by atoms with Crippen LogP contribution in [-0.2, 0) is 16.2 Å². The van der Waals surface area contributed by atoms with E-state index in [4.69, 9.17) is 0 Å². The van der Waals surface area contributed by atoms with Crippen molar-refractivity contribution in [2.75, 3.05) is 11.9 Å². The van der Waals surface area contributed by atoms with E-state index in [0.717, 1.165) is 6.42 Å². The van der Waals surface area contributed by atoms with Crippen LogP contribution in [0.5, 0.6) is 0 Å². The van der Waals surface area contributed by atoms with Crippen LogP contribution < -0.4 is 4.90 Å². The van der Waals surface area contributed by atoms with Crippen LogP contribution in [-0.4, -0.2) is 7.05 Å². The highest BCUT2D eigenvalue weighted by Crippen LogP contribution is 2.58. The molecule has 0 radical (unpaired) electrons. The third-order valence-corrected chi connectivity index (χ3v) is 8.07. The molecule has 0 saturated carbocycles. The van der Waals surface area contributed by atoms with Crippen LogP contribution >= 0.6 is 0 Å². The number of nitrogens with zero attached hydrogens (tertiary/aromatic N) is 1. The lowest BCUT2D eigenvalue weighted by molar-refractivity contribution is 0.443. The van der Waals surface area contributed by atoms with E-state index in [-0.39, 0.29) is 16.2 Å². The van der Waals surface area contributed by atoms with Gasteiger partial charge < -0.3 is 4.90 Å².